The summed E-state index contributed by atoms with van der Waals surface area (Å²) in [7, 11) is 1.99. The second-order valence-electron chi connectivity index (χ2n) is 3.92. The number of pyridine rings is 1. The Morgan fingerprint density at radius 3 is 2.88 bits per heavy atom. The van der Waals surface area contributed by atoms with Crippen LogP contribution in [0.4, 0.5) is 11.4 Å². The molecule has 3 nitrogen and oxygen atoms in total. The number of nitrogens with zero attached hydrogens (tertiary/aromatic N) is 2. The quantitative estimate of drug-likeness (QED) is 0.907. The van der Waals surface area contributed by atoms with Crippen LogP contribution < -0.4 is 10.6 Å². The summed E-state index contributed by atoms with van der Waals surface area (Å²) in [5.74, 6) is 0. The SMILES string of the molecule is CN(Cc1cccc(Cl)c1)c1ccncc1N. The number of benzene rings is 1. The maximum Gasteiger partial charge on any atom is 0.0738 e. The summed E-state index contributed by atoms with van der Waals surface area (Å²) in [5, 5.41) is 0.749. The van der Waals surface area contributed by atoms with Crippen molar-refractivity contribution in [2.45, 2.75) is 6.54 Å². The lowest BCUT2D eigenvalue weighted by Gasteiger charge is -2.20. The van der Waals surface area contributed by atoms with E-state index in [1.165, 1.54) is 0 Å². The van der Waals surface area contributed by atoms with Gasteiger partial charge >= 0.3 is 0 Å². The summed E-state index contributed by atoms with van der Waals surface area (Å²) >= 11 is 5.95. The molecule has 17 heavy (non-hydrogen) atoms. The summed E-state index contributed by atoms with van der Waals surface area (Å²) < 4.78 is 0. The van der Waals surface area contributed by atoms with E-state index in [9.17, 15) is 0 Å². The van der Waals surface area contributed by atoms with Gasteiger partial charge in [-0.15, -0.1) is 0 Å². The minimum Gasteiger partial charge on any atom is -0.396 e. The van der Waals surface area contributed by atoms with Gasteiger partial charge in [-0.25, -0.2) is 0 Å². The number of hydrogen-bond acceptors (Lipinski definition) is 3. The molecule has 0 amide bonds. The summed E-state index contributed by atoms with van der Waals surface area (Å²) in [5.41, 5.74) is 8.67. The van der Waals surface area contributed by atoms with Crippen molar-refractivity contribution < 1.29 is 0 Å². The van der Waals surface area contributed by atoms with Crippen LogP contribution in [0.1, 0.15) is 5.56 Å². The Morgan fingerprint density at radius 1 is 1.35 bits per heavy atom. The number of halogens is 1. The Kier molecular flexibility index (Phi) is 3.49. The molecule has 2 N–H and O–H groups in total. The van der Waals surface area contributed by atoms with Gasteiger partial charge in [0.25, 0.3) is 0 Å². The maximum absolute atomic E-state index is 5.95. The number of nitrogen functional groups attached to an aromatic ring is 1. The van der Waals surface area contributed by atoms with Crippen LogP contribution in [0.25, 0.3) is 0 Å². The van der Waals surface area contributed by atoms with Crippen LogP contribution in [-0.2, 0) is 6.54 Å². The van der Waals surface area contributed by atoms with Gasteiger partial charge < -0.3 is 10.6 Å². The van der Waals surface area contributed by atoms with Gasteiger partial charge in [-0.2, -0.15) is 0 Å². The molecule has 0 aliphatic heterocycles. The molecule has 0 spiro atoms. The van der Waals surface area contributed by atoms with Gasteiger partial charge in [0, 0.05) is 24.8 Å². The largest absolute Gasteiger partial charge is 0.396 e. The lowest BCUT2D eigenvalue weighted by Crippen LogP contribution is -2.17. The van der Waals surface area contributed by atoms with Crippen molar-refractivity contribution in [2.75, 3.05) is 17.7 Å². The van der Waals surface area contributed by atoms with Crippen molar-refractivity contribution in [1.29, 1.82) is 0 Å². The molecule has 0 saturated heterocycles. The van der Waals surface area contributed by atoms with Crippen molar-refractivity contribution in [3.05, 3.63) is 53.3 Å². The van der Waals surface area contributed by atoms with E-state index < -0.39 is 0 Å². The Labute approximate surface area is 106 Å². The average molecular weight is 248 g/mol. The van der Waals surface area contributed by atoms with E-state index in [1.807, 2.05) is 37.4 Å². The zero-order valence-electron chi connectivity index (χ0n) is 9.60. The highest BCUT2D eigenvalue weighted by molar-refractivity contribution is 6.30. The van der Waals surface area contributed by atoms with E-state index in [4.69, 9.17) is 17.3 Å². The Balaban J connectivity index is 2.17. The fourth-order valence-corrected chi connectivity index (χ4v) is 1.95. The second kappa shape index (κ2) is 5.06. The third-order valence-electron chi connectivity index (χ3n) is 2.55. The van der Waals surface area contributed by atoms with Crippen LogP contribution in [0, 0.1) is 0 Å². The normalized spacial score (nSPS) is 10.2. The van der Waals surface area contributed by atoms with E-state index >= 15 is 0 Å². The minimum absolute atomic E-state index is 0.678. The van der Waals surface area contributed by atoms with Crippen molar-refractivity contribution in [2.24, 2.45) is 0 Å². The van der Waals surface area contributed by atoms with E-state index in [0.717, 1.165) is 22.8 Å². The molecule has 0 bridgehead atoms. The van der Waals surface area contributed by atoms with E-state index in [-0.39, 0.29) is 0 Å². The molecule has 0 radical (unpaired) electrons. The molecule has 88 valence electrons. The predicted molar refractivity (Wildman–Crippen MR) is 72.2 cm³/mol. The van der Waals surface area contributed by atoms with Crippen molar-refractivity contribution in [3.8, 4) is 0 Å². The number of hydrogen-bond donors (Lipinski definition) is 1. The second-order valence-corrected chi connectivity index (χ2v) is 4.36. The Bertz CT molecular complexity index is 514. The lowest BCUT2D eigenvalue weighted by molar-refractivity contribution is 0.923. The van der Waals surface area contributed by atoms with Crippen LogP contribution in [-0.4, -0.2) is 12.0 Å². The van der Waals surface area contributed by atoms with Gasteiger partial charge in [0.15, 0.2) is 0 Å². The van der Waals surface area contributed by atoms with Crippen LogP contribution >= 0.6 is 11.6 Å². The minimum atomic E-state index is 0.678. The van der Waals surface area contributed by atoms with Gasteiger partial charge in [-0.05, 0) is 23.8 Å². The summed E-state index contributed by atoms with van der Waals surface area (Å²) in [6, 6.07) is 9.71. The molecule has 1 aromatic carbocycles. The summed E-state index contributed by atoms with van der Waals surface area (Å²) in [6.45, 7) is 0.759. The van der Waals surface area contributed by atoms with Crippen LogP contribution in [0.2, 0.25) is 5.02 Å². The number of nitrogens with two attached hydrogens (primary N) is 1. The molecule has 0 saturated carbocycles. The molecule has 0 atom stereocenters. The highest BCUT2D eigenvalue weighted by Crippen LogP contribution is 2.22. The molecule has 2 rings (SSSR count). The number of anilines is 2. The molecular weight excluding hydrogens is 234 g/mol. The highest BCUT2D eigenvalue weighted by Gasteiger charge is 2.05. The highest BCUT2D eigenvalue weighted by atomic mass is 35.5. The van der Waals surface area contributed by atoms with Gasteiger partial charge in [-0.3, -0.25) is 4.98 Å². The first-order chi connectivity index (χ1) is 8.16. The molecular formula is C13H14ClN3. The van der Waals surface area contributed by atoms with Gasteiger partial charge in [0.1, 0.15) is 0 Å². The Morgan fingerprint density at radius 2 is 2.18 bits per heavy atom. The average Bonchev–Trinajstić information content (AvgIpc) is 2.29. The first-order valence-corrected chi connectivity index (χ1v) is 5.69. The first-order valence-electron chi connectivity index (χ1n) is 5.32. The molecule has 1 aromatic heterocycles. The van der Waals surface area contributed by atoms with Gasteiger partial charge in [0.05, 0.1) is 17.6 Å². The van der Waals surface area contributed by atoms with Crippen molar-refractivity contribution in [3.63, 3.8) is 0 Å². The monoisotopic (exact) mass is 247 g/mol. The van der Waals surface area contributed by atoms with E-state index in [2.05, 4.69) is 9.88 Å². The standard InChI is InChI=1S/C13H14ClN3/c1-17(13-5-6-16-8-12(13)15)9-10-3-2-4-11(14)7-10/h2-8H,9,15H2,1H3. The molecule has 0 aliphatic carbocycles. The molecule has 1 heterocycles. The maximum atomic E-state index is 5.95. The first kappa shape index (κ1) is 11.7. The number of rotatable bonds is 3. The molecule has 0 aliphatic rings. The zero-order chi connectivity index (χ0) is 12.3. The topological polar surface area (TPSA) is 42.2 Å². The fourth-order valence-electron chi connectivity index (χ4n) is 1.74. The molecule has 0 unspecified atom stereocenters. The molecule has 4 heteroatoms. The summed E-state index contributed by atoms with van der Waals surface area (Å²) in [4.78, 5) is 6.05. The zero-order valence-corrected chi connectivity index (χ0v) is 10.4. The van der Waals surface area contributed by atoms with E-state index in [0.29, 0.717) is 5.69 Å². The van der Waals surface area contributed by atoms with Gasteiger partial charge in [-0.1, -0.05) is 23.7 Å². The molecule has 0 fully saturated rings. The summed E-state index contributed by atoms with van der Waals surface area (Å²) in [6.07, 6.45) is 3.39. The lowest BCUT2D eigenvalue weighted by atomic mass is 10.2. The van der Waals surface area contributed by atoms with Crippen LogP contribution in [0.5, 0.6) is 0 Å². The fraction of sp³-hybridized carbons (Fsp3) is 0.154. The smallest absolute Gasteiger partial charge is 0.0738 e. The van der Waals surface area contributed by atoms with Crippen molar-refractivity contribution >= 4 is 23.0 Å². The van der Waals surface area contributed by atoms with Crippen LogP contribution in [0.15, 0.2) is 42.7 Å². The predicted octanol–water partition coefficient (Wildman–Crippen LogP) is 2.95. The van der Waals surface area contributed by atoms with Crippen LogP contribution in [0.3, 0.4) is 0 Å². The van der Waals surface area contributed by atoms with Crippen molar-refractivity contribution in [1.82, 2.24) is 4.98 Å². The third kappa shape index (κ3) is 2.88. The van der Waals surface area contributed by atoms with E-state index in [1.54, 1.807) is 12.4 Å². The number of aromatic nitrogens is 1. The Hall–Kier alpha value is -1.74. The third-order valence-corrected chi connectivity index (χ3v) is 2.78. The van der Waals surface area contributed by atoms with Gasteiger partial charge in [0.2, 0.25) is 0 Å². The molecule has 2 aromatic rings.